The Bertz CT molecular complexity index is 314. The van der Waals surface area contributed by atoms with Gasteiger partial charge in [0, 0.05) is 5.41 Å². The third-order valence-corrected chi connectivity index (χ3v) is 1.89. The summed E-state index contributed by atoms with van der Waals surface area (Å²) in [5.41, 5.74) is 0.261. The molecule has 0 aliphatic carbocycles. The molecular formula is C11H16N2O. The van der Waals surface area contributed by atoms with Crippen LogP contribution in [0.1, 0.15) is 20.8 Å². The van der Waals surface area contributed by atoms with Gasteiger partial charge in [0.2, 0.25) is 5.91 Å². The Morgan fingerprint density at radius 1 is 1.21 bits per heavy atom. The zero-order valence-electron chi connectivity index (χ0n) is 8.82. The number of para-hydroxylation sites is 1. The van der Waals surface area contributed by atoms with Gasteiger partial charge in [0.15, 0.2) is 0 Å². The standard InChI is InChI=1S/C11H16N2O/c1-11(2,3)10(14)13(12)9-7-5-4-6-8-9/h4-8H,12H2,1-3H3. The quantitative estimate of drug-likeness (QED) is 0.420. The minimum Gasteiger partial charge on any atom is -0.272 e. The van der Waals surface area contributed by atoms with E-state index in [0.29, 0.717) is 5.69 Å². The number of benzene rings is 1. The maximum atomic E-state index is 11.8. The Balaban J connectivity index is 2.87. The van der Waals surface area contributed by atoms with Crippen molar-refractivity contribution in [3.63, 3.8) is 0 Å². The van der Waals surface area contributed by atoms with Crippen LogP contribution in [0.15, 0.2) is 30.3 Å². The molecule has 1 amide bonds. The SMILES string of the molecule is CC(C)(C)C(=O)N(N)c1ccccc1. The van der Waals surface area contributed by atoms with Crippen LogP contribution < -0.4 is 10.9 Å². The van der Waals surface area contributed by atoms with Crippen molar-refractivity contribution in [2.75, 3.05) is 5.01 Å². The highest BCUT2D eigenvalue weighted by Crippen LogP contribution is 2.20. The molecule has 1 aromatic carbocycles. The molecule has 3 nitrogen and oxygen atoms in total. The lowest BCUT2D eigenvalue weighted by Crippen LogP contribution is -2.44. The van der Waals surface area contributed by atoms with Crippen LogP contribution in [-0.2, 0) is 4.79 Å². The van der Waals surface area contributed by atoms with Crippen molar-refractivity contribution in [3.8, 4) is 0 Å². The lowest BCUT2D eigenvalue weighted by molar-refractivity contribution is -0.125. The second-order valence-electron chi connectivity index (χ2n) is 4.26. The minimum atomic E-state index is -0.454. The molecule has 0 saturated heterocycles. The van der Waals surface area contributed by atoms with E-state index in [4.69, 9.17) is 5.84 Å². The van der Waals surface area contributed by atoms with Gasteiger partial charge >= 0.3 is 0 Å². The molecule has 76 valence electrons. The summed E-state index contributed by atoms with van der Waals surface area (Å²) >= 11 is 0. The summed E-state index contributed by atoms with van der Waals surface area (Å²) in [4.78, 5) is 11.8. The van der Waals surface area contributed by atoms with E-state index in [9.17, 15) is 4.79 Å². The molecule has 0 fully saturated rings. The van der Waals surface area contributed by atoms with E-state index in [1.165, 1.54) is 5.01 Å². The summed E-state index contributed by atoms with van der Waals surface area (Å²) in [5.74, 6) is 5.61. The fraction of sp³-hybridized carbons (Fsp3) is 0.364. The van der Waals surface area contributed by atoms with E-state index in [-0.39, 0.29) is 5.91 Å². The molecule has 2 N–H and O–H groups in total. The molecule has 0 bridgehead atoms. The molecule has 0 aromatic heterocycles. The zero-order chi connectivity index (χ0) is 10.8. The molecule has 1 aromatic rings. The van der Waals surface area contributed by atoms with Crippen LogP contribution in [0.25, 0.3) is 0 Å². The Hall–Kier alpha value is -1.35. The minimum absolute atomic E-state index is 0.0938. The number of hydrogen-bond donors (Lipinski definition) is 1. The average Bonchev–Trinajstić information content (AvgIpc) is 2.15. The molecule has 0 radical (unpaired) electrons. The van der Waals surface area contributed by atoms with Gasteiger partial charge in [-0.05, 0) is 12.1 Å². The largest absolute Gasteiger partial charge is 0.272 e. The van der Waals surface area contributed by atoms with E-state index in [0.717, 1.165) is 0 Å². The number of rotatable bonds is 1. The van der Waals surface area contributed by atoms with Crippen LogP contribution in [0.3, 0.4) is 0 Å². The monoisotopic (exact) mass is 192 g/mol. The van der Waals surface area contributed by atoms with Gasteiger partial charge in [0.1, 0.15) is 0 Å². The van der Waals surface area contributed by atoms with Gasteiger partial charge in [0.05, 0.1) is 5.69 Å². The molecule has 0 unspecified atom stereocenters. The Kier molecular flexibility index (Phi) is 2.91. The number of hydrogen-bond acceptors (Lipinski definition) is 2. The number of nitrogens with two attached hydrogens (primary N) is 1. The van der Waals surface area contributed by atoms with Gasteiger partial charge in [-0.15, -0.1) is 0 Å². The molecule has 0 saturated carbocycles. The molecular weight excluding hydrogens is 176 g/mol. The molecule has 0 atom stereocenters. The molecule has 3 heteroatoms. The van der Waals surface area contributed by atoms with Crippen LogP contribution in [0.2, 0.25) is 0 Å². The molecule has 14 heavy (non-hydrogen) atoms. The van der Waals surface area contributed by atoms with Crippen LogP contribution in [0.5, 0.6) is 0 Å². The Morgan fingerprint density at radius 2 is 1.71 bits per heavy atom. The van der Waals surface area contributed by atoms with Crippen molar-refractivity contribution in [3.05, 3.63) is 30.3 Å². The summed E-state index contributed by atoms with van der Waals surface area (Å²) in [6.07, 6.45) is 0. The summed E-state index contributed by atoms with van der Waals surface area (Å²) in [5, 5.41) is 1.19. The van der Waals surface area contributed by atoms with Gasteiger partial charge in [-0.1, -0.05) is 39.0 Å². The summed E-state index contributed by atoms with van der Waals surface area (Å²) in [6, 6.07) is 9.21. The van der Waals surface area contributed by atoms with Gasteiger partial charge < -0.3 is 0 Å². The first-order chi connectivity index (χ1) is 6.43. The highest BCUT2D eigenvalue weighted by molar-refractivity contribution is 5.95. The van der Waals surface area contributed by atoms with Gasteiger partial charge in [-0.2, -0.15) is 0 Å². The number of nitrogens with zero attached hydrogens (tertiary/aromatic N) is 1. The van der Waals surface area contributed by atoms with E-state index in [1.54, 1.807) is 0 Å². The smallest absolute Gasteiger partial charge is 0.246 e. The molecule has 0 aliphatic heterocycles. The Labute approximate surface area is 84.5 Å². The molecule has 0 spiro atoms. The number of hydrazine groups is 1. The number of carbonyl (C=O) groups excluding carboxylic acids is 1. The first-order valence-electron chi connectivity index (χ1n) is 4.57. The van der Waals surface area contributed by atoms with E-state index < -0.39 is 5.41 Å². The van der Waals surface area contributed by atoms with Crippen molar-refractivity contribution < 1.29 is 4.79 Å². The van der Waals surface area contributed by atoms with Gasteiger partial charge in [-0.3, -0.25) is 4.79 Å². The number of carbonyl (C=O) groups is 1. The van der Waals surface area contributed by atoms with E-state index >= 15 is 0 Å². The third-order valence-electron chi connectivity index (χ3n) is 1.89. The Morgan fingerprint density at radius 3 is 2.14 bits per heavy atom. The van der Waals surface area contributed by atoms with E-state index in [2.05, 4.69) is 0 Å². The third kappa shape index (κ3) is 2.33. The predicted octanol–water partition coefficient (Wildman–Crippen LogP) is 1.94. The second-order valence-corrected chi connectivity index (χ2v) is 4.26. The number of anilines is 1. The molecule has 0 aliphatic rings. The summed E-state index contributed by atoms with van der Waals surface area (Å²) in [6.45, 7) is 5.54. The highest BCUT2D eigenvalue weighted by Gasteiger charge is 2.26. The van der Waals surface area contributed by atoms with Crippen LogP contribution in [0, 0.1) is 5.41 Å². The first-order valence-corrected chi connectivity index (χ1v) is 4.57. The van der Waals surface area contributed by atoms with Crippen molar-refractivity contribution in [2.45, 2.75) is 20.8 Å². The average molecular weight is 192 g/mol. The lowest BCUT2D eigenvalue weighted by Gasteiger charge is -2.25. The van der Waals surface area contributed by atoms with Crippen molar-refractivity contribution in [2.24, 2.45) is 11.3 Å². The van der Waals surface area contributed by atoms with Crippen molar-refractivity contribution in [1.82, 2.24) is 0 Å². The van der Waals surface area contributed by atoms with Crippen molar-refractivity contribution in [1.29, 1.82) is 0 Å². The lowest BCUT2D eigenvalue weighted by atomic mass is 9.95. The van der Waals surface area contributed by atoms with Crippen LogP contribution >= 0.6 is 0 Å². The first kappa shape index (κ1) is 10.7. The fourth-order valence-corrected chi connectivity index (χ4v) is 1.07. The maximum absolute atomic E-state index is 11.8. The maximum Gasteiger partial charge on any atom is 0.246 e. The predicted molar refractivity (Wildman–Crippen MR) is 57.6 cm³/mol. The molecule has 1 rings (SSSR count). The summed E-state index contributed by atoms with van der Waals surface area (Å²) in [7, 11) is 0. The van der Waals surface area contributed by atoms with Gasteiger partial charge in [-0.25, -0.2) is 10.9 Å². The highest BCUT2D eigenvalue weighted by atomic mass is 16.2. The summed E-state index contributed by atoms with van der Waals surface area (Å²) < 4.78 is 0. The normalized spacial score (nSPS) is 11.1. The second kappa shape index (κ2) is 3.80. The van der Waals surface area contributed by atoms with Crippen molar-refractivity contribution >= 4 is 11.6 Å². The van der Waals surface area contributed by atoms with Gasteiger partial charge in [0.25, 0.3) is 0 Å². The fourth-order valence-electron chi connectivity index (χ4n) is 1.07. The number of amides is 1. The molecule has 0 heterocycles. The van der Waals surface area contributed by atoms with Crippen LogP contribution in [0.4, 0.5) is 5.69 Å². The zero-order valence-corrected chi connectivity index (χ0v) is 8.82. The van der Waals surface area contributed by atoms with E-state index in [1.807, 2.05) is 51.1 Å². The van der Waals surface area contributed by atoms with Crippen LogP contribution in [-0.4, -0.2) is 5.91 Å². The topological polar surface area (TPSA) is 46.3 Å².